The first kappa shape index (κ1) is 20.4. The molecule has 1 fully saturated rings. The average Bonchev–Trinajstić information content (AvgIpc) is 2.68. The highest BCUT2D eigenvalue weighted by atomic mass is 32.2. The van der Waals surface area contributed by atoms with Crippen LogP contribution in [0, 0.1) is 0 Å². The Kier molecular flexibility index (Phi) is 7.12. The molecule has 148 valence electrons. The van der Waals surface area contributed by atoms with Crippen LogP contribution in [0.15, 0.2) is 59.5 Å². The van der Waals surface area contributed by atoms with Crippen molar-refractivity contribution >= 4 is 23.6 Å². The summed E-state index contributed by atoms with van der Waals surface area (Å²) in [5.74, 6) is -0.000953. The van der Waals surface area contributed by atoms with Gasteiger partial charge in [0.2, 0.25) is 0 Å². The highest BCUT2D eigenvalue weighted by Crippen LogP contribution is 2.26. The maximum atomic E-state index is 12.4. The summed E-state index contributed by atoms with van der Waals surface area (Å²) < 4.78 is 0. The first-order valence-corrected chi connectivity index (χ1v) is 10.6. The summed E-state index contributed by atoms with van der Waals surface area (Å²) in [5, 5.41) is 12.0. The van der Waals surface area contributed by atoms with E-state index < -0.39 is 5.97 Å². The van der Waals surface area contributed by atoms with Crippen LogP contribution in [0.3, 0.4) is 0 Å². The van der Waals surface area contributed by atoms with Crippen LogP contribution in [0.2, 0.25) is 0 Å². The lowest BCUT2D eigenvalue weighted by Crippen LogP contribution is -2.54. The topological polar surface area (TPSA) is 69.6 Å². The fraction of sp³-hybridized carbons (Fsp3) is 0.364. The molecule has 5 nitrogen and oxygen atoms in total. The van der Waals surface area contributed by atoms with Gasteiger partial charge in [0, 0.05) is 28.3 Å². The van der Waals surface area contributed by atoms with Crippen LogP contribution in [-0.2, 0) is 10.5 Å². The lowest BCUT2D eigenvalue weighted by atomic mass is 9.85. The van der Waals surface area contributed by atoms with Crippen LogP contribution in [-0.4, -0.2) is 47.1 Å². The number of amides is 1. The molecule has 0 radical (unpaired) electrons. The molecule has 2 N–H and O–H groups in total. The van der Waals surface area contributed by atoms with Crippen LogP contribution < -0.4 is 5.32 Å². The molecule has 0 heterocycles. The number of nitrogens with zero attached hydrogens (tertiary/aromatic N) is 1. The number of rotatable bonds is 9. The molecule has 0 atom stereocenters. The molecule has 0 unspecified atom stereocenters. The zero-order valence-corrected chi connectivity index (χ0v) is 16.8. The number of carbonyl (C=O) groups is 2. The van der Waals surface area contributed by atoms with Crippen LogP contribution in [0.4, 0.5) is 0 Å². The zero-order chi connectivity index (χ0) is 19.9. The lowest BCUT2D eigenvalue weighted by Gasteiger charge is -2.42. The minimum atomic E-state index is -0.806. The van der Waals surface area contributed by atoms with Gasteiger partial charge in [-0.05, 0) is 49.2 Å². The van der Waals surface area contributed by atoms with Gasteiger partial charge in [-0.25, -0.2) is 0 Å². The molecule has 28 heavy (non-hydrogen) atoms. The number of benzene rings is 2. The molecule has 2 aromatic rings. The molecule has 1 amide bonds. The Morgan fingerprint density at radius 3 is 2.39 bits per heavy atom. The fourth-order valence-corrected chi connectivity index (χ4v) is 4.26. The Labute approximate surface area is 170 Å². The van der Waals surface area contributed by atoms with Crippen molar-refractivity contribution in [1.82, 2.24) is 10.2 Å². The summed E-state index contributed by atoms with van der Waals surface area (Å²) in [7, 11) is 0. The number of thioether (sulfide) groups is 1. The summed E-state index contributed by atoms with van der Waals surface area (Å²) in [5.41, 5.74) is 1.84. The maximum Gasteiger partial charge on any atom is 0.317 e. The van der Waals surface area contributed by atoms with E-state index in [1.54, 1.807) is 11.8 Å². The van der Waals surface area contributed by atoms with E-state index in [0.717, 1.165) is 18.6 Å². The lowest BCUT2D eigenvalue weighted by molar-refractivity contribution is -0.139. The van der Waals surface area contributed by atoms with Gasteiger partial charge in [0.1, 0.15) is 0 Å². The van der Waals surface area contributed by atoms with E-state index >= 15 is 0 Å². The summed E-state index contributed by atoms with van der Waals surface area (Å²) in [6, 6.07) is 18.4. The van der Waals surface area contributed by atoms with E-state index in [1.807, 2.05) is 54.3 Å². The van der Waals surface area contributed by atoms with Crippen molar-refractivity contribution in [2.24, 2.45) is 0 Å². The van der Waals surface area contributed by atoms with E-state index in [0.29, 0.717) is 12.1 Å². The number of aliphatic carboxylic acids is 1. The van der Waals surface area contributed by atoms with Crippen molar-refractivity contribution in [2.45, 2.75) is 42.5 Å². The Bertz CT molecular complexity index is 789. The number of nitrogens with one attached hydrogen (secondary N) is 1. The molecule has 0 saturated heterocycles. The second-order valence-electron chi connectivity index (χ2n) is 7.05. The third-order valence-corrected chi connectivity index (χ3v) is 6.16. The van der Waals surface area contributed by atoms with Gasteiger partial charge in [-0.2, -0.15) is 0 Å². The van der Waals surface area contributed by atoms with Gasteiger partial charge in [-0.15, -0.1) is 11.8 Å². The van der Waals surface area contributed by atoms with Gasteiger partial charge in [0.15, 0.2) is 0 Å². The number of carboxylic acid groups (broad SMARTS) is 1. The van der Waals surface area contributed by atoms with Crippen LogP contribution in [0.25, 0.3) is 0 Å². The first-order valence-electron chi connectivity index (χ1n) is 9.58. The van der Waals surface area contributed by atoms with E-state index in [9.17, 15) is 9.59 Å². The SMILES string of the molecule is CCN(CC(=O)O)C1CC(NC(=O)c2ccc(CSc3ccccc3)cc2)C1. The molecule has 0 spiro atoms. The van der Waals surface area contributed by atoms with Gasteiger partial charge >= 0.3 is 5.97 Å². The van der Waals surface area contributed by atoms with Crippen LogP contribution in [0.5, 0.6) is 0 Å². The van der Waals surface area contributed by atoms with Crippen molar-refractivity contribution in [3.05, 3.63) is 65.7 Å². The second kappa shape index (κ2) is 9.75. The molecule has 6 heteroatoms. The quantitative estimate of drug-likeness (QED) is 0.631. The Balaban J connectivity index is 1.44. The molecule has 1 aliphatic carbocycles. The van der Waals surface area contributed by atoms with Crippen molar-refractivity contribution in [3.63, 3.8) is 0 Å². The van der Waals surface area contributed by atoms with E-state index in [2.05, 4.69) is 17.4 Å². The summed E-state index contributed by atoms with van der Waals surface area (Å²) in [6.45, 7) is 2.73. The highest BCUT2D eigenvalue weighted by Gasteiger charge is 2.34. The Hall–Kier alpha value is -2.31. The largest absolute Gasteiger partial charge is 0.480 e. The van der Waals surface area contributed by atoms with E-state index in [4.69, 9.17) is 5.11 Å². The molecule has 2 aromatic carbocycles. The monoisotopic (exact) mass is 398 g/mol. The smallest absolute Gasteiger partial charge is 0.317 e. The minimum Gasteiger partial charge on any atom is -0.480 e. The molecule has 0 bridgehead atoms. The third-order valence-electron chi connectivity index (χ3n) is 5.07. The van der Waals surface area contributed by atoms with E-state index in [-0.39, 0.29) is 24.5 Å². The summed E-state index contributed by atoms with van der Waals surface area (Å²) >= 11 is 1.77. The van der Waals surface area contributed by atoms with Crippen molar-refractivity contribution in [2.75, 3.05) is 13.1 Å². The Morgan fingerprint density at radius 1 is 1.11 bits per heavy atom. The maximum absolute atomic E-state index is 12.4. The number of likely N-dealkylation sites (N-methyl/N-ethyl adjacent to an activating group) is 1. The zero-order valence-electron chi connectivity index (χ0n) is 16.0. The molecule has 0 aliphatic heterocycles. The predicted octanol–water partition coefficient (Wildman–Crippen LogP) is 3.65. The average molecular weight is 399 g/mol. The van der Waals surface area contributed by atoms with E-state index in [1.165, 1.54) is 10.5 Å². The molecular weight excluding hydrogens is 372 g/mol. The standard InChI is InChI=1S/C22H26N2O3S/c1-2-24(14-21(25)26)19-12-18(13-19)23-22(27)17-10-8-16(9-11-17)15-28-20-6-4-3-5-7-20/h3-11,18-19H,2,12-15H2,1H3,(H,23,27)(H,25,26). The van der Waals surface area contributed by atoms with Gasteiger partial charge < -0.3 is 10.4 Å². The Morgan fingerprint density at radius 2 is 1.79 bits per heavy atom. The first-order chi connectivity index (χ1) is 13.5. The number of carboxylic acids is 1. The van der Waals surface area contributed by atoms with Gasteiger partial charge in [-0.3, -0.25) is 14.5 Å². The summed E-state index contributed by atoms with van der Waals surface area (Å²) in [4.78, 5) is 26.5. The van der Waals surface area contributed by atoms with Crippen molar-refractivity contribution in [1.29, 1.82) is 0 Å². The van der Waals surface area contributed by atoms with Gasteiger partial charge in [-0.1, -0.05) is 37.3 Å². The molecular formula is C22H26N2O3S. The molecule has 0 aromatic heterocycles. The van der Waals surface area contributed by atoms with Crippen LogP contribution >= 0.6 is 11.8 Å². The normalized spacial score (nSPS) is 18.5. The number of carbonyl (C=O) groups excluding carboxylic acids is 1. The second-order valence-corrected chi connectivity index (χ2v) is 8.10. The van der Waals surface area contributed by atoms with Crippen molar-refractivity contribution in [3.8, 4) is 0 Å². The third kappa shape index (κ3) is 5.59. The van der Waals surface area contributed by atoms with Gasteiger partial charge in [0.25, 0.3) is 5.91 Å². The van der Waals surface area contributed by atoms with Crippen molar-refractivity contribution < 1.29 is 14.7 Å². The fourth-order valence-electron chi connectivity index (χ4n) is 3.38. The molecule has 1 aliphatic rings. The molecule has 3 rings (SSSR count). The minimum absolute atomic E-state index is 0.0598. The number of hydrogen-bond donors (Lipinski definition) is 2. The number of hydrogen-bond acceptors (Lipinski definition) is 4. The summed E-state index contributed by atoms with van der Waals surface area (Å²) in [6.07, 6.45) is 1.61. The van der Waals surface area contributed by atoms with Crippen LogP contribution in [0.1, 0.15) is 35.7 Å². The molecule has 1 saturated carbocycles. The highest BCUT2D eigenvalue weighted by molar-refractivity contribution is 7.98. The predicted molar refractivity (Wildman–Crippen MR) is 112 cm³/mol. The van der Waals surface area contributed by atoms with Gasteiger partial charge in [0.05, 0.1) is 6.54 Å².